The lowest BCUT2D eigenvalue weighted by atomic mass is 10.2. The lowest BCUT2D eigenvalue weighted by Crippen LogP contribution is -2.36. The molecule has 1 aromatic carbocycles. The summed E-state index contributed by atoms with van der Waals surface area (Å²) in [7, 11) is 0. The van der Waals surface area contributed by atoms with E-state index in [1.807, 2.05) is 25.1 Å². The summed E-state index contributed by atoms with van der Waals surface area (Å²) in [5.41, 5.74) is 10.2. The first-order valence-electron chi connectivity index (χ1n) is 10.0. The van der Waals surface area contributed by atoms with Crippen LogP contribution in [0.2, 0.25) is 0 Å². The topological polar surface area (TPSA) is 88.3 Å². The predicted octanol–water partition coefficient (Wildman–Crippen LogP) is 3.54. The molecule has 2 heterocycles. The minimum atomic E-state index is 0.519. The standard InChI is InChI=1S/C22H28N6O/c1-15(17-3-4-17)13-20(23)26-21-16(2)14-24-22(27-21)25-18-5-7-19(8-6-18)28-9-11-29-12-10-28/h5-8,13-14,17H,1,3-4,9-12,23H2,2H3,(H2,24,25,26,27)/b20-13+. The van der Waals surface area contributed by atoms with Crippen LogP contribution in [0.1, 0.15) is 18.4 Å². The zero-order valence-corrected chi connectivity index (χ0v) is 16.8. The van der Waals surface area contributed by atoms with Gasteiger partial charge >= 0.3 is 0 Å². The average molecular weight is 393 g/mol. The summed E-state index contributed by atoms with van der Waals surface area (Å²) in [5, 5.41) is 6.43. The number of ether oxygens (including phenoxy) is 1. The van der Waals surface area contributed by atoms with Crippen molar-refractivity contribution >= 4 is 23.1 Å². The Bertz CT molecular complexity index is 898. The van der Waals surface area contributed by atoms with Crippen LogP contribution in [-0.4, -0.2) is 36.3 Å². The quantitative estimate of drug-likeness (QED) is 0.621. The monoisotopic (exact) mass is 392 g/mol. The number of aromatic nitrogens is 2. The van der Waals surface area contributed by atoms with E-state index in [4.69, 9.17) is 10.5 Å². The Labute approximate surface area is 171 Å². The molecule has 4 N–H and O–H groups in total. The molecule has 1 aliphatic heterocycles. The van der Waals surface area contributed by atoms with Crippen LogP contribution >= 0.6 is 0 Å². The van der Waals surface area contributed by atoms with E-state index in [1.54, 1.807) is 6.20 Å². The molecule has 0 spiro atoms. The van der Waals surface area contributed by atoms with Crippen LogP contribution in [0.5, 0.6) is 0 Å². The first kappa shape index (κ1) is 19.3. The van der Waals surface area contributed by atoms with E-state index < -0.39 is 0 Å². The molecule has 29 heavy (non-hydrogen) atoms. The Morgan fingerprint density at radius 3 is 2.66 bits per heavy atom. The molecule has 152 valence electrons. The first-order chi connectivity index (χ1) is 14.1. The van der Waals surface area contributed by atoms with Gasteiger partial charge in [-0.2, -0.15) is 4.98 Å². The minimum Gasteiger partial charge on any atom is -0.385 e. The van der Waals surface area contributed by atoms with E-state index in [0.717, 1.165) is 43.1 Å². The van der Waals surface area contributed by atoms with Gasteiger partial charge in [0.25, 0.3) is 0 Å². The highest BCUT2D eigenvalue weighted by Crippen LogP contribution is 2.36. The second-order valence-electron chi connectivity index (χ2n) is 7.57. The third-order valence-corrected chi connectivity index (χ3v) is 5.18. The van der Waals surface area contributed by atoms with Gasteiger partial charge in [0.15, 0.2) is 0 Å². The zero-order chi connectivity index (χ0) is 20.2. The number of nitrogens with two attached hydrogens (primary N) is 1. The number of benzene rings is 1. The fourth-order valence-electron chi connectivity index (χ4n) is 3.28. The molecule has 0 amide bonds. The SMILES string of the molecule is C=C(/C=C(\N)Nc1nc(Nc2ccc(N3CCOCC3)cc2)ncc1C)C1CC1. The normalized spacial score (nSPS) is 17.1. The van der Waals surface area contributed by atoms with Crippen molar-refractivity contribution in [3.63, 3.8) is 0 Å². The van der Waals surface area contributed by atoms with Crippen LogP contribution in [0, 0.1) is 12.8 Å². The number of rotatable bonds is 7. The van der Waals surface area contributed by atoms with E-state index >= 15 is 0 Å². The molecule has 1 saturated heterocycles. The van der Waals surface area contributed by atoms with Gasteiger partial charge in [0.1, 0.15) is 11.6 Å². The number of nitrogens with one attached hydrogen (secondary N) is 2. The van der Waals surface area contributed by atoms with E-state index in [-0.39, 0.29) is 0 Å². The van der Waals surface area contributed by atoms with Crippen molar-refractivity contribution in [2.24, 2.45) is 11.7 Å². The Morgan fingerprint density at radius 2 is 1.97 bits per heavy atom. The van der Waals surface area contributed by atoms with Crippen molar-refractivity contribution in [1.82, 2.24) is 9.97 Å². The van der Waals surface area contributed by atoms with Crippen molar-refractivity contribution in [3.8, 4) is 0 Å². The van der Waals surface area contributed by atoms with Crippen LogP contribution in [0.4, 0.5) is 23.1 Å². The summed E-state index contributed by atoms with van der Waals surface area (Å²) in [4.78, 5) is 11.3. The molecule has 2 aliphatic rings. The van der Waals surface area contributed by atoms with E-state index in [0.29, 0.717) is 23.5 Å². The van der Waals surface area contributed by atoms with Gasteiger partial charge in [0.05, 0.1) is 13.2 Å². The average Bonchev–Trinajstić information content (AvgIpc) is 3.57. The van der Waals surface area contributed by atoms with Gasteiger partial charge in [-0.1, -0.05) is 6.58 Å². The van der Waals surface area contributed by atoms with Crippen molar-refractivity contribution in [2.45, 2.75) is 19.8 Å². The fourth-order valence-corrected chi connectivity index (χ4v) is 3.28. The van der Waals surface area contributed by atoms with Crippen LogP contribution in [0.15, 0.2) is 54.5 Å². The van der Waals surface area contributed by atoms with Crippen LogP contribution in [0.25, 0.3) is 0 Å². The summed E-state index contributed by atoms with van der Waals surface area (Å²) >= 11 is 0. The molecule has 0 bridgehead atoms. The molecule has 1 aliphatic carbocycles. The number of hydrogen-bond donors (Lipinski definition) is 3. The van der Waals surface area contributed by atoms with E-state index in [1.165, 1.54) is 18.5 Å². The van der Waals surface area contributed by atoms with E-state index in [2.05, 4.69) is 44.2 Å². The molecule has 0 unspecified atom stereocenters. The summed E-state index contributed by atoms with van der Waals surface area (Å²) in [6, 6.07) is 8.28. The van der Waals surface area contributed by atoms with Crippen molar-refractivity contribution in [1.29, 1.82) is 0 Å². The predicted molar refractivity (Wildman–Crippen MR) is 117 cm³/mol. The van der Waals surface area contributed by atoms with Gasteiger partial charge in [-0.15, -0.1) is 0 Å². The van der Waals surface area contributed by atoms with Crippen LogP contribution < -0.4 is 21.3 Å². The Morgan fingerprint density at radius 1 is 1.24 bits per heavy atom. The van der Waals surface area contributed by atoms with Crippen LogP contribution in [-0.2, 0) is 4.74 Å². The van der Waals surface area contributed by atoms with Crippen LogP contribution in [0.3, 0.4) is 0 Å². The molecule has 0 radical (unpaired) electrons. The molecule has 0 atom stereocenters. The highest BCUT2D eigenvalue weighted by molar-refractivity contribution is 5.61. The third-order valence-electron chi connectivity index (χ3n) is 5.18. The fraction of sp³-hybridized carbons (Fsp3) is 0.364. The third kappa shape index (κ3) is 5.06. The van der Waals surface area contributed by atoms with Gasteiger partial charge in [-0.25, -0.2) is 4.98 Å². The largest absolute Gasteiger partial charge is 0.385 e. The smallest absolute Gasteiger partial charge is 0.229 e. The Balaban J connectivity index is 1.42. The summed E-state index contributed by atoms with van der Waals surface area (Å²) in [6.07, 6.45) is 6.08. The van der Waals surface area contributed by atoms with Crippen molar-refractivity contribution in [3.05, 3.63) is 60.1 Å². The molecule has 7 nitrogen and oxygen atoms in total. The number of hydrogen-bond acceptors (Lipinski definition) is 7. The highest BCUT2D eigenvalue weighted by Gasteiger charge is 2.23. The number of allylic oxidation sites excluding steroid dienone is 2. The van der Waals surface area contributed by atoms with Gasteiger partial charge in [0.2, 0.25) is 5.95 Å². The van der Waals surface area contributed by atoms with Crippen molar-refractivity contribution < 1.29 is 4.74 Å². The Kier molecular flexibility index (Phi) is 5.67. The minimum absolute atomic E-state index is 0.519. The maximum atomic E-state index is 6.13. The molecule has 4 rings (SSSR count). The molecule has 7 heteroatoms. The summed E-state index contributed by atoms with van der Waals surface area (Å²) < 4.78 is 5.41. The molecular formula is C22H28N6O. The maximum absolute atomic E-state index is 6.13. The number of morpholine rings is 1. The number of nitrogens with zero attached hydrogens (tertiary/aromatic N) is 3. The van der Waals surface area contributed by atoms with E-state index in [9.17, 15) is 0 Å². The molecule has 1 aromatic heterocycles. The first-order valence-corrected chi connectivity index (χ1v) is 10.0. The van der Waals surface area contributed by atoms with Gasteiger partial charge in [0, 0.05) is 36.2 Å². The van der Waals surface area contributed by atoms with Gasteiger partial charge < -0.3 is 26.0 Å². The zero-order valence-electron chi connectivity index (χ0n) is 16.8. The van der Waals surface area contributed by atoms with Gasteiger partial charge in [-0.05, 0) is 61.6 Å². The van der Waals surface area contributed by atoms with Gasteiger partial charge in [-0.3, -0.25) is 0 Å². The number of anilines is 4. The molecule has 2 aromatic rings. The number of aryl methyl sites for hydroxylation is 1. The lowest BCUT2D eigenvalue weighted by molar-refractivity contribution is 0.122. The second-order valence-corrected chi connectivity index (χ2v) is 7.57. The molecular weight excluding hydrogens is 364 g/mol. The summed E-state index contributed by atoms with van der Waals surface area (Å²) in [6.45, 7) is 9.43. The van der Waals surface area contributed by atoms with Crippen molar-refractivity contribution in [2.75, 3.05) is 41.8 Å². The summed E-state index contributed by atoms with van der Waals surface area (Å²) in [5.74, 6) is 2.33. The maximum Gasteiger partial charge on any atom is 0.229 e. The molecule has 1 saturated carbocycles. The Hall–Kier alpha value is -3.06. The lowest BCUT2D eigenvalue weighted by Gasteiger charge is -2.28. The molecule has 2 fully saturated rings. The second kappa shape index (κ2) is 8.53. The highest BCUT2D eigenvalue weighted by atomic mass is 16.5.